The average molecular weight is 322 g/mol. The van der Waals surface area contributed by atoms with Crippen LogP contribution in [-0.2, 0) is 16.0 Å². The van der Waals surface area contributed by atoms with Gasteiger partial charge in [-0.3, -0.25) is 9.59 Å². The molecule has 0 aromatic heterocycles. The van der Waals surface area contributed by atoms with E-state index in [1.807, 2.05) is 49.4 Å². The summed E-state index contributed by atoms with van der Waals surface area (Å²) in [4.78, 5) is 28.0. The first-order valence-corrected chi connectivity index (χ1v) is 8.23. The Hall–Kier alpha value is -2.62. The Morgan fingerprint density at radius 3 is 2.38 bits per heavy atom. The van der Waals surface area contributed by atoms with Crippen LogP contribution in [0.3, 0.4) is 0 Å². The number of aryl methyl sites for hydroxylation is 1. The fraction of sp³-hybridized carbons (Fsp3) is 0.300. The maximum absolute atomic E-state index is 12.5. The molecule has 124 valence electrons. The number of rotatable bonds is 3. The molecule has 0 radical (unpaired) electrons. The Bertz CT molecular complexity index is 725. The Morgan fingerprint density at radius 2 is 1.75 bits per heavy atom. The Labute approximate surface area is 142 Å². The number of carbonyl (C=O) groups excluding carboxylic acids is 2. The highest BCUT2D eigenvalue weighted by molar-refractivity contribution is 5.98. The lowest BCUT2D eigenvalue weighted by Gasteiger charge is -2.40. The largest absolute Gasteiger partial charge is 0.328 e. The van der Waals surface area contributed by atoms with Gasteiger partial charge in [0.2, 0.25) is 11.8 Å². The van der Waals surface area contributed by atoms with Crippen molar-refractivity contribution in [1.82, 2.24) is 4.90 Å². The molecular weight excluding hydrogens is 300 g/mol. The van der Waals surface area contributed by atoms with Crippen LogP contribution in [0.25, 0.3) is 0 Å². The lowest BCUT2D eigenvalue weighted by Crippen LogP contribution is -2.58. The van der Waals surface area contributed by atoms with Gasteiger partial charge in [0.05, 0.1) is 6.04 Å². The van der Waals surface area contributed by atoms with Crippen LogP contribution in [0.4, 0.5) is 5.69 Å². The molecule has 0 bridgehead atoms. The van der Waals surface area contributed by atoms with E-state index in [0.29, 0.717) is 6.54 Å². The van der Waals surface area contributed by atoms with Crippen LogP contribution >= 0.6 is 0 Å². The number of amides is 2. The van der Waals surface area contributed by atoms with E-state index in [1.54, 1.807) is 9.80 Å². The van der Waals surface area contributed by atoms with Crippen LogP contribution in [0.5, 0.6) is 0 Å². The van der Waals surface area contributed by atoms with Gasteiger partial charge in [-0.2, -0.15) is 0 Å². The van der Waals surface area contributed by atoms with Crippen molar-refractivity contribution in [3.8, 4) is 0 Å². The van der Waals surface area contributed by atoms with E-state index < -0.39 is 0 Å². The first-order chi connectivity index (χ1) is 11.5. The van der Waals surface area contributed by atoms with Gasteiger partial charge in [-0.25, -0.2) is 0 Å². The molecule has 0 aliphatic carbocycles. The molecule has 1 fully saturated rings. The maximum Gasteiger partial charge on any atom is 0.246 e. The van der Waals surface area contributed by atoms with E-state index in [-0.39, 0.29) is 24.4 Å². The van der Waals surface area contributed by atoms with Gasteiger partial charge in [-0.1, -0.05) is 48.0 Å². The highest BCUT2D eigenvalue weighted by Crippen LogP contribution is 2.22. The van der Waals surface area contributed by atoms with Gasteiger partial charge in [0.1, 0.15) is 6.54 Å². The quantitative estimate of drug-likeness (QED) is 0.872. The molecule has 1 aliphatic rings. The molecule has 1 saturated heterocycles. The highest BCUT2D eigenvalue weighted by atomic mass is 16.2. The molecule has 3 rings (SSSR count). The van der Waals surface area contributed by atoms with Crippen molar-refractivity contribution in [3.63, 3.8) is 0 Å². The van der Waals surface area contributed by atoms with Crippen molar-refractivity contribution < 1.29 is 9.59 Å². The summed E-state index contributed by atoms with van der Waals surface area (Å²) in [5.74, 6) is -0.0776. The molecule has 0 saturated carbocycles. The van der Waals surface area contributed by atoms with Crippen molar-refractivity contribution in [1.29, 1.82) is 0 Å². The standard InChI is InChI=1S/C20H22N2O2/c1-15-8-10-18(11-9-15)22-13-19(12-17-6-4-3-5-7-17)21(16(2)23)14-20(22)24/h3-11,19H,12-14H2,1-2H3. The molecular formula is C20H22N2O2. The second-order valence-corrected chi connectivity index (χ2v) is 6.33. The summed E-state index contributed by atoms with van der Waals surface area (Å²) in [6.07, 6.45) is 0.746. The third-order valence-electron chi connectivity index (χ3n) is 4.51. The summed E-state index contributed by atoms with van der Waals surface area (Å²) in [6, 6.07) is 18.0. The number of hydrogen-bond acceptors (Lipinski definition) is 2. The Kier molecular flexibility index (Phi) is 4.65. The van der Waals surface area contributed by atoms with E-state index in [1.165, 1.54) is 12.5 Å². The Balaban J connectivity index is 1.85. The summed E-state index contributed by atoms with van der Waals surface area (Å²) in [5.41, 5.74) is 3.23. The van der Waals surface area contributed by atoms with Gasteiger partial charge in [0, 0.05) is 19.2 Å². The molecule has 4 heteroatoms. The molecule has 2 amide bonds. The SMILES string of the molecule is CC(=O)N1CC(=O)N(c2ccc(C)cc2)CC1Cc1ccccc1. The van der Waals surface area contributed by atoms with E-state index in [4.69, 9.17) is 0 Å². The smallest absolute Gasteiger partial charge is 0.246 e. The monoisotopic (exact) mass is 322 g/mol. The summed E-state index contributed by atoms with van der Waals surface area (Å²) in [5, 5.41) is 0. The predicted octanol–water partition coefficient (Wildman–Crippen LogP) is 2.80. The summed E-state index contributed by atoms with van der Waals surface area (Å²) < 4.78 is 0. The zero-order valence-electron chi connectivity index (χ0n) is 14.1. The zero-order valence-corrected chi connectivity index (χ0v) is 14.1. The third-order valence-corrected chi connectivity index (χ3v) is 4.51. The fourth-order valence-electron chi connectivity index (χ4n) is 3.17. The number of anilines is 1. The van der Waals surface area contributed by atoms with Gasteiger partial charge in [0.25, 0.3) is 0 Å². The minimum absolute atomic E-state index is 0.0103. The molecule has 1 unspecified atom stereocenters. The number of hydrogen-bond donors (Lipinski definition) is 0. The summed E-state index contributed by atoms with van der Waals surface area (Å²) in [6.45, 7) is 4.22. The number of carbonyl (C=O) groups is 2. The maximum atomic E-state index is 12.5. The van der Waals surface area contributed by atoms with Gasteiger partial charge in [-0.15, -0.1) is 0 Å². The van der Waals surface area contributed by atoms with Crippen LogP contribution < -0.4 is 4.90 Å². The van der Waals surface area contributed by atoms with E-state index in [0.717, 1.165) is 17.7 Å². The normalized spacial score (nSPS) is 17.9. The number of nitrogens with zero attached hydrogens (tertiary/aromatic N) is 2. The van der Waals surface area contributed by atoms with Crippen LogP contribution in [0, 0.1) is 6.92 Å². The van der Waals surface area contributed by atoms with Gasteiger partial charge in [-0.05, 0) is 31.0 Å². The molecule has 2 aromatic rings. The van der Waals surface area contributed by atoms with Crippen molar-refractivity contribution >= 4 is 17.5 Å². The van der Waals surface area contributed by atoms with Crippen molar-refractivity contribution in [3.05, 3.63) is 65.7 Å². The number of piperazine rings is 1. The fourth-order valence-corrected chi connectivity index (χ4v) is 3.17. The van der Waals surface area contributed by atoms with Crippen LogP contribution in [0.15, 0.2) is 54.6 Å². The molecule has 0 spiro atoms. The molecule has 0 N–H and O–H groups in total. The van der Waals surface area contributed by atoms with Gasteiger partial charge >= 0.3 is 0 Å². The minimum atomic E-state index is -0.0483. The first kappa shape index (κ1) is 16.2. The lowest BCUT2D eigenvalue weighted by molar-refractivity contribution is -0.137. The molecule has 1 atom stereocenters. The predicted molar refractivity (Wildman–Crippen MR) is 94.9 cm³/mol. The van der Waals surface area contributed by atoms with Crippen molar-refractivity contribution in [2.75, 3.05) is 18.0 Å². The Morgan fingerprint density at radius 1 is 1.08 bits per heavy atom. The molecule has 1 heterocycles. The number of benzene rings is 2. The lowest BCUT2D eigenvalue weighted by atomic mass is 10.0. The van der Waals surface area contributed by atoms with E-state index in [2.05, 4.69) is 12.1 Å². The topological polar surface area (TPSA) is 40.6 Å². The third kappa shape index (κ3) is 3.48. The van der Waals surface area contributed by atoms with E-state index in [9.17, 15) is 9.59 Å². The zero-order chi connectivity index (χ0) is 17.1. The van der Waals surface area contributed by atoms with Crippen LogP contribution in [-0.4, -0.2) is 35.8 Å². The molecule has 4 nitrogen and oxygen atoms in total. The summed E-state index contributed by atoms with van der Waals surface area (Å²) in [7, 11) is 0. The first-order valence-electron chi connectivity index (χ1n) is 8.23. The van der Waals surface area contributed by atoms with Gasteiger partial charge in [0.15, 0.2) is 0 Å². The van der Waals surface area contributed by atoms with E-state index >= 15 is 0 Å². The van der Waals surface area contributed by atoms with Gasteiger partial charge < -0.3 is 9.80 Å². The van der Waals surface area contributed by atoms with Crippen molar-refractivity contribution in [2.24, 2.45) is 0 Å². The minimum Gasteiger partial charge on any atom is -0.328 e. The molecule has 24 heavy (non-hydrogen) atoms. The summed E-state index contributed by atoms with van der Waals surface area (Å²) >= 11 is 0. The highest BCUT2D eigenvalue weighted by Gasteiger charge is 2.34. The van der Waals surface area contributed by atoms with Crippen LogP contribution in [0.1, 0.15) is 18.1 Å². The average Bonchev–Trinajstić information content (AvgIpc) is 2.58. The molecule has 2 aromatic carbocycles. The second kappa shape index (κ2) is 6.87. The van der Waals surface area contributed by atoms with Crippen LogP contribution in [0.2, 0.25) is 0 Å². The second-order valence-electron chi connectivity index (χ2n) is 6.33. The van der Waals surface area contributed by atoms with Crippen molar-refractivity contribution in [2.45, 2.75) is 26.3 Å². The molecule has 1 aliphatic heterocycles.